The monoisotopic (exact) mass is 618 g/mol. The molecule has 0 aliphatic heterocycles. The molecule has 0 bridgehead atoms. The summed E-state index contributed by atoms with van der Waals surface area (Å²) in [6, 6.07) is 23.7. The van der Waals surface area contributed by atoms with Crippen LogP contribution in [-0.4, -0.2) is 28.4 Å². The molecule has 0 atom stereocenters. The topological polar surface area (TPSA) is 85.7 Å². The first-order valence-electron chi connectivity index (χ1n) is 14.2. The SMILES string of the molecule is Cc1cccc(-c2ccncc2-c2ccc(CS(=O)(=O)Cc3ccc(-c4cnccc4-c4cccc(C)n4)cc3F)c(F)c2)n1. The number of pyridine rings is 4. The lowest BCUT2D eigenvalue weighted by atomic mass is 9.98. The van der Waals surface area contributed by atoms with E-state index in [-0.39, 0.29) is 11.1 Å². The second-order valence-corrected chi connectivity index (χ2v) is 12.9. The zero-order valence-corrected chi connectivity index (χ0v) is 25.4. The normalized spacial score (nSPS) is 11.5. The molecule has 45 heavy (non-hydrogen) atoms. The summed E-state index contributed by atoms with van der Waals surface area (Å²) in [6.45, 7) is 3.78. The summed E-state index contributed by atoms with van der Waals surface area (Å²) < 4.78 is 57.0. The van der Waals surface area contributed by atoms with E-state index >= 15 is 8.78 Å². The highest BCUT2D eigenvalue weighted by atomic mass is 32.2. The van der Waals surface area contributed by atoms with Gasteiger partial charge in [0.15, 0.2) is 9.84 Å². The largest absolute Gasteiger partial charge is 0.264 e. The van der Waals surface area contributed by atoms with E-state index in [1.807, 2.05) is 62.4 Å². The molecule has 4 heterocycles. The van der Waals surface area contributed by atoms with Crippen molar-refractivity contribution in [2.45, 2.75) is 25.4 Å². The Kier molecular flexibility index (Phi) is 8.28. The Morgan fingerprint density at radius 3 is 1.42 bits per heavy atom. The molecule has 0 radical (unpaired) electrons. The number of benzene rings is 2. The number of nitrogens with zero attached hydrogens (tertiary/aromatic N) is 4. The predicted octanol–water partition coefficient (Wildman–Crippen LogP) is 7.94. The van der Waals surface area contributed by atoms with Crippen LogP contribution in [0.25, 0.3) is 44.8 Å². The lowest BCUT2D eigenvalue weighted by molar-refractivity contribution is 0.581. The molecule has 0 saturated carbocycles. The zero-order valence-electron chi connectivity index (χ0n) is 24.6. The Balaban J connectivity index is 1.23. The molecule has 0 aliphatic rings. The Labute approximate surface area is 260 Å². The van der Waals surface area contributed by atoms with Gasteiger partial charge in [-0.3, -0.25) is 19.9 Å². The molecule has 224 valence electrons. The van der Waals surface area contributed by atoms with Crippen LogP contribution in [0.2, 0.25) is 0 Å². The summed E-state index contributed by atoms with van der Waals surface area (Å²) >= 11 is 0. The van der Waals surface area contributed by atoms with Crippen LogP contribution < -0.4 is 0 Å². The quantitative estimate of drug-likeness (QED) is 0.172. The van der Waals surface area contributed by atoms with E-state index in [2.05, 4.69) is 19.9 Å². The van der Waals surface area contributed by atoms with Gasteiger partial charge in [0.1, 0.15) is 11.6 Å². The minimum Gasteiger partial charge on any atom is -0.264 e. The van der Waals surface area contributed by atoms with Gasteiger partial charge in [-0.1, -0.05) is 36.4 Å². The van der Waals surface area contributed by atoms with Crippen molar-refractivity contribution in [1.82, 2.24) is 19.9 Å². The Hall–Kier alpha value is -5.15. The van der Waals surface area contributed by atoms with Crippen molar-refractivity contribution in [3.8, 4) is 44.8 Å². The van der Waals surface area contributed by atoms with E-state index in [4.69, 9.17) is 0 Å². The standard InChI is InChI=1S/C36H28F2N4O2S/c1-23-5-3-7-35(41-23)29-13-15-39-19-31(29)25-9-11-27(33(37)17-25)21-45(43,44)22-28-12-10-26(18-34(28)38)32-20-40-16-14-30(32)36-8-4-6-24(2)42-36/h3-20H,21-22H2,1-2H3. The lowest BCUT2D eigenvalue weighted by Crippen LogP contribution is -2.10. The predicted molar refractivity (Wildman–Crippen MR) is 172 cm³/mol. The average Bonchev–Trinajstić information content (AvgIpc) is 3.03. The van der Waals surface area contributed by atoms with E-state index in [0.29, 0.717) is 22.3 Å². The number of aryl methyl sites for hydroxylation is 2. The van der Waals surface area contributed by atoms with Crippen LogP contribution in [0.5, 0.6) is 0 Å². The van der Waals surface area contributed by atoms with Crippen molar-refractivity contribution >= 4 is 9.84 Å². The first-order valence-corrected chi connectivity index (χ1v) is 16.0. The number of halogens is 2. The van der Waals surface area contributed by atoms with E-state index < -0.39 is 33.0 Å². The van der Waals surface area contributed by atoms with Crippen molar-refractivity contribution in [2.75, 3.05) is 0 Å². The smallest absolute Gasteiger partial charge is 0.158 e. The highest BCUT2D eigenvalue weighted by Gasteiger charge is 2.20. The molecule has 0 unspecified atom stereocenters. The fourth-order valence-electron chi connectivity index (χ4n) is 5.27. The molecule has 0 aliphatic carbocycles. The summed E-state index contributed by atoms with van der Waals surface area (Å²) in [5, 5.41) is 0. The number of sulfone groups is 1. The molecule has 2 aromatic carbocycles. The van der Waals surface area contributed by atoms with Gasteiger partial charge < -0.3 is 0 Å². The minimum atomic E-state index is -3.92. The third kappa shape index (κ3) is 6.68. The van der Waals surface area contributed by atoms with Gasteiger partial charge in [0.25, 0.3) is 0 Å². The molecule has 6 nitrogen and oxygen atoms in total. The number of rotatable bonds is 8. The summed E-state index contributed by atoms with van der Waals surface area (Å²) in [7, 11) is -3.92. The maximum Gasteiger partial charge on any atom is 0.158 e. The molecule has 0 spiro atoms. The van der Waals surface area contributed by atoms with Gasteiger partial charge in [-0.2, -0.15) is 0 Å². The van der Waals surface area contributed by atoms with Crippen LogP contribution in [0.1, 0.15) is 22.5 Å². The number of aromatic nitrogens is 4. The second-order valence-electron chi connectivity index (χ2n) is 10.8. The van der Waals surface area contributed by atoms with Crippen LogP contribution in [0, 0.1) is 25.5 Å². The highest BCUT2D eigenvalue weighted by molar-refractivity contribution is 7.89. The molecule has 6 rings (SSSR count). The third-order valence-corrected chi connectivity index (χ3v) is 8.95. The highest BCUT2D eigenvalue weighted by Crippen LogP contribution is 2.33. The van der Waals surface area contributed by atoms with Crippen molar-refractivity contribution in [3.63, 3.8) is 0 Å². The van der Waals surface area contributed by atoms with Gasteiger partial charge in [0.2, 0.25) is 0 Å². The van der Waals surface area contributed by atoms with Gasteiger partial charge in [0.05, 0.1) is 22.9 Å². The van der Waals surface area contributed by atoms with Crippen molar-refractivity contribution in [1.29, 1.82) is 0 Å². The molecule has 9 heteroatoms. The van der Waals surface area contributed by atoms with Crippen molar-refractivity contribution in [2.24, 2.45) is 0 Å². The second kappa shape index (κ2) is 12.5. The average molecular weight is 619 g/mol. The van der Waals surface area contributed by atoms with E-state index in [1.54, 1.807) is 36.9 Å². The Bertz CT molecular complexity index is 2010. The minimum absolute atomic E-state index is 0.000514. The van der Waals surface area contributed by atoms with E-state index in [1.165, 1.54) is 24.3 Å². The first-order chi connectivity index (χ1) is 21.7. The van der Waals surface area contributed by atoms with Crippen molar-refractivity contribution < 1.29 is 17.2 Å². The molecule has 0 amide bonds. The summed E-state index contributed by atoms with van der Waals surface area (Å²) in [6.07, 6.45) is 6.54. The van der Waals surface area contributed by atoms with Crippen LogP contribution in [0.3, 0.4) is 0 Å². The van der Waals surface area contributed by atoms with Gasteiger partial charge in [-0.05, 0) is 73.5 Å². The van der Waals surface area contributed by atoms with Crippen molar-refractivity contribution in [3.05, 3.63) is 144 Å². The fourth-order valence-corrected chi connectivity index (χ4v) is 6.79. The van der Waals surface area contributed by atoms with E-state index in [9.17, 15) is 8.42 Å². The Morgan fingerprint density at radius 2 is 1.02 bits per heavy atom. The maximum absolute atomic E-state index is 15.3. The summed E-state index contributed by atoms with van der Waals surface area (Å²) in [5.41, 5.74) is 7.10. The van der Waals surface area contributed by atoms with Crippen LogP contribution in [-0.2, 0) is 21.3 Å². The molecule has 0 fully saturated rings. The first kappa shape index (κ1) is 29.9. The summed E-state index contributed by atoms with van der Waals surface area (Å²) in [4.78, 5) is 17.5. The third-order valence-electron chi connectivity index (χ3n) is 7.45. The van der Waals surface area contributed by atoms with E-state index in [0.717, 1.165) is 33.9 Å². The molecular weight excluding hydrogens is 590 g/mol. The molecule has 6 aromatic rings. The number of hydrogen-bond acceptors (Lipinski definition) is 6. The van der Waals surface area contributed by atoms with Crippen LogP contribution in [0.15, 0.2) is 110 Å². The number of hydrogen-bond donors (Lipinski definition) is 0. The van der Waals surface area contributed by atoms with Gasteiger partial charge in [-0.15, -0.1) is 0 Å². The van der Waals surface area contributed by atoms with Gasteiger partial charge >= 0.3 is 0 Å². The maximum atomic E-state index is 15.3. The van der Waals surface area contributed by atoms with Gasteiger partial charge in [-0.25, -0.2) is 17.2 Å². The molecule has 4 aromatic heterocycles. The fraction of sp³-hybridized carbons (Fsp3) is 0.111. The van der Waals surface area contributed by atoms with Crippen LogP contribution >= 0.6 is 0 Å². The van der Waals surface area contributed by atoms with Crippen LogP contribution in [0.4, 0.5) is 8.78 Å². The zero-order chi connectivity index (χ0) is 31.6. The lowest BCUT2D eigenvalue weighted by Gasteiger charge is -2.12. The molecular formula is C36H28F2N4O2S. The van der Waals surface area contributed by atoms with Gasteiger partial charge in [0, 0.05) is 69.6 Å². The molecule has 0 N–H and O–H groups in total. The summed E-state index contributed by atoms with van der Waals surface area (Å²) in [5.74, 6) is -2.50. The molecule has 0 saturated heterocycles. The Morgan fingerprint density at radius 1 is 0.578 bits per heavy atom.